The Morgan fingerprint density at radius 3 is 2.43 bits per heavy atom. The number of para-hydroxylation sites is 1. The van der Waals surface area contributed by atoms with Gasteiger partial charge >= 0.3 is 6.18 Å². The molecule has 0 fully saturated rings. The van der Waals surface area contributed by atoms with Crippen LogP contribution in [0.4, 0.5) is 18.9 Å². The number of pyridine rings is 1. The van der Waals surface area contributed by atoms with E-state index in [1.165, 1.54) is 36.4 Å². The number of hydrogen-bond acceptors (Lipinski definition) is 3. The van der Waals surface area contributed by atoms with Gasteiger partial charge in [0.15, 0.2) is 5.43 Å². The lowest BCUT2D eigenvalue weighted by Gasteiger charge is -2.10. The van der Waals surface area contributed by atoms with Crippen LogP contribution in [0.2, 0.25) is 0 Å². The minimum absolute atomic E-state index is 0.0217. The maximum absolute atomic E-state index is 12.8. The quantitative estimate of drug-likeness (QED) is 0.701. The Morgan fingerprint density at radius 2 is 1.74 bits per heavy atom. The molecule has 0 unspecified atom stereocenters. The predicted molar refractivity (Wildman–Crippen MR) is 80.5 cm³/mol. The summed E-state index contributed by atoms with van der Waals surface area (Å²) in [5, 5.41) is 3.08. The van der Waals surface area contributed by atoms with Crippen LogP contribution in [0.5, 0.6) is 0 Å². The van der Waals surface area contributed by atoms with E-state index in [1.54, 1.807) is 0 Å². The van der Waals surface area contributed by atoms with E-state index in [0.717, 1.165) is 12.1 Å². The summed E-state index contributed by atoms with van der Waals surface area (Å²) in [4.78, 5) is 25.8. The van der Waals surface area contributed by atoms with Gasteiger partial charge < -0.3 is 4.98 Å². The SMILES string of the molecule is O=Nc1cccc2c(=O)cc(-c3cccc(C(F)(F)F)c3)[nH]c12. The molecule has 3 rings (SSSR count). The van der Waals surface area contributed by atoms with Gasteiger partial charge in [-0.25, -0.2) is 0 Å². The van der Waals surface area contributed by atoms with Crippen molar-refractivity contribution in [3.8, 4) is 11.3 Å². The topological polar surface area (TPSA) is 62.3 Å². The number of fused-ring (bicyclic) bond motifs is 1. The molecule has 23 heavy (non-hydrogen) atoms. The normalized spacial score (nSPS) is 11.6. The van der Waals surface area contributed by atoms with E-state index in [4.69, 9.17) is 0 Å². The number of rotatable bonds is 2. The Balaban J connectivity index is 2.25. The highest BCUT2D eigenvalue weighted by Crippen LogP contribution is 2.32. The zero-order valence-electron chi connectivity index (χ0n) is 11.5. The van der Waals surface area contributed by atoms with E-state index in [0.29, 0.717) is 0 Å². The van der Waals surface area contributed by atoms with Gasteiger partial charge in [-0.3, -0.25) is 4.79 Å². The van der Waals surface area contributed by atoms with E-state index in [1.807, 2.05) is 0 Å². The van der Waals surface area contributed by atoms with Crippen LogP contribution in [0.3, 0.4) is 0 Å². The van der Waals surface area contributed by atoms with E-state index < -0.39 is 17.2 Å². The fourth-order valence-corrected chi connectivity index (χ4v) is 2.35. The van der Waals surface area contributed by atoms with Crippen molar-refractivity contribution in [3.63, 3.8) is 0 Å². The third-order valence-electron chi connectivity index (χ3n) is 3.44. The number of aromatic nitrogens is 1. The molecule has 0 atom stereocenters. The van der Waals surface area contributed by atoms with Crippen molar-refractivity contribution < 1.29 is 13.2 Å². The molecule has 0 radical (unpaired) electrons. The summed E-state index contributed by atoms with van der Waals surface area (Å²) in [6.45, 7) is 0. The largest absolute Gasteiger partial charge is 0.416 e. The zero-order valence-corrected chi connectivity index (χ0v) is 11.5. The number of halogens is 3. The van der Waals surface area contributed by atoms with Crippen LogP contribution < -0.4 is 5.43 Å². The Morgan fingerprint density at radius 1 is 1.00 bits per heavy atom. The van der Waals surface area contributed by atoms with Gasteiger partial charge in [0, 0.05) is 17.1 Å². The fraction of sp³-hybridized carbons (Fsp3) is 0.0625. The molecular formula is C16H9F3N2O2. The second-order valence-electron chi connectivity index (χ2n) is 4.92. The first kappa shape index (κ1) is 15.0. The van der Waals surface area contributed by atoms with Gasteiger partial charge in [0.2, 0.25) is 0 Å². The summed E-state index contributed by atoms with van der Waals surface area (Å²) in [6.07, 6.45) is -4.48. The Labute approximate surface area is 127 Å². The molecule has 0 spiro atoms. The van der Waals surface area contributed by atoms with Crippen molar-refractivity contribution >= 4 is 16.6 Å². The highest BCUT2D eigenvalue weighted by Gasteiger charge is 2.30. The van der Waals surface area contributed by atoms with Crippen LogP contribution in [0.15, 0.2) is 58.5 Å². The summed E-state index contributed by atoms with van der Waals surface area (Å²) < 4.78 is 38.4. The molecule has 4 nitrogen and oxygen atoms in total. The Bertz CT molecular complexity index is 961. The third-order valence-corrected chi connectivity index (χ3v) is 3.44. The molecule has 0 aliphatic carbocycles. The van der Waals surface area contributed by atoms with Crippen molar-refractivity contribution in [2.24, 2.45) is 5.18 Å². The molecule has 1 aromatic heterocycles. The molecule has 116 valence electrons. The van der Waals surface area contributed by atoms with Gasteiger partial charge in [-0.2, -0.15) is 13.2 Å². The number of alkyl halides is 3. The smallest absolute Gasteiger partial charge is 0.352 e. The van der Waals surface area contributed by atoms with Crippen LogP contribution in [0.1, 0.15) is 5.56 Å². The van der Waals surface area contributed by atoms with Crippen LogP contribution in [-0.4, -0.2) is 4.98 Å². The summed E-state index contributed by atoms with van der Waals surface area (Å²) in [5.74, 6) is 0. The standard InChI is InChI=1S/C16H9F3N2O2/c17-16(18,19)10-4-1-3-9(7-10)13-8-14(22)11-5-2-6-12(21-23)15(11)20-13/h1-8H,(H,20,22). The van der Waals surface area contributed by atoms with Crippen molar-refractivity contribution in [1.82, 2.24) is 4.98 Å². The summed E-state index contributed by atoms with van der Waals surface area (Å²) in [5.41, 5.74) is -0.630. The lowest BCUT2D eigenvalue weighted by atomic mass is 10.1. The molecule has 1 heterocycles. The molecule has 2 aromatic carbocycles. The van der Waals surface area contributed by atoms with Gasteiger partial charge in [0.1, 0.15) is 5.69 Å². The van der Waals surface area contributed by atoms with Gasteiger partial charge in [0.05, 0.1) is 11.1 Å². The van der Waals surface area contributed by atoms with Gasteiger partial charge in [-0.1, -0.05) is 18.2 Å². The maximum Gasteiger partial charge on any atom is 0.416 e. The number of aromatic amines is 1. The van der Waals surface area contributed by atoms with Crippen LogP contribution >= 0.6 is 0 Å². The second-order valence-corrected chi connectivity index (χ2v) is 4.92. The number of hydrogen-bond donors (Lipinski definition) is 1. The lowest BCUT2D eigenvalue weighted by Crippen LogP contribution is -2.06. The van der Waals surface area contributed by atoms with Crippen molar-refractivity contribution in [2.75, 3.05) is 0 Å². The van der Waals surface area contributed by atoms with Crippen LogP contribution in [0, 0.1) is 4.91 Å². The summed E-state index contributed by atoms with van der Waals surface area (Å²) in [6, 6.07) is 10.2. The monoisotopic (exact) mass is 318 g/mol. The molecule has 0 bridgehead atoms. The number of H-pyrrole nitrogens is 1. The molecule has 0 amide bonds. The molecule has 3 aromatic rings. The Hall–Kier alpha value is -2.96. The zero-order chi connectivity index (χ0) is 16.6. The van der Waals surface area contributed by atoms with Crippen LogP contribution in [-0.2, 0) is 6.18 Å². The molecular weight excluding hydrogens is 309 g/mol. The first-order valence-corrected chi connectivity index (χ1v) is 6.57. The van der Waals surface area contributed by atoms with Gasteiger partial charge in [-0.15, -0.1) is 4.91 Å². The maximum atomic E-state index is 12.8. The fourth-order valence-electron chi connectivity index (χ4n) is 2.35. The first-order valence-electron chi connectivity index (χ1n) is 6.57. The number of nitrogens with one attached hydrogen (secondary N) is 1. The van der Waals surface area contributed by atoms with Crippen molar-refractivity contribution in [2.45, 2.75) is 6.18 Å². The number of benzene rings is 2. The third kappa shape index (κ3) is 2.73. The minimum atomic E-state index is -4.48. The summed E-state index contributed by atoms with van der Waals surface area (Å²) >= 11 is 0. The summed E-state index contributed by atoms with van der Waals surface area (Å²) in [7, 11) is 0. The van der Waals surface area contributed by atoms with Crippen LogP contribution in [0.25, 0.3) is 22.2 Å². The second kappa shape index (κ2) is 5.35. The Kier molecular flexibility index (Phi) is 3.48. The lowest BCUT2D eigenvalue weighted by molar-refractivity contribution is -0.137. The van der Waals surface area contributed by atoms with Crippen molar-refractivity contribution in [3.05, 3.63) is 69.2 Å². The van der Waals surface area contributed by atoms with Crippen molar-refractivity contribution in [1.29, 1.82) is 0 Å². The number of nitrogens with zero attached hydrogens (tertiary/aromatic N) is 1. The van der Waals surface area contributed by atoms with E-state index in [9.17, 15) is 22.9 Å². The van der Waals surface area contributed by atoms with Gasteiger partial charge in [0.25, 0.3) is 0 Å². The number of nitroso groups, excluding NO2 is 1. The molecule has 1 N–H and O–H groups in total. The van der Waals surface area contributed by atoms with E-state index in [-0.39, 0.29) is 27.8 Å². The van der Waals surface area contributed by atoms with E-state index >= 15 is 0 Å². The highest BCUT2D eigenvalue weighted by molar-refractivity contribution is 5.90. The molecule has 7 heteroatoms. The molecule has 0 aliphatic heterocycles. The minimum Gasteiger partial charge on any atom is -0.352 e. The highest BCUT2D eigenvalue weighted by atomic mass is 19.4. The predicted octanol–water partition coefficient (Wildman–Crippen LogP) is 4.61. The molecule has 0 aliphatic rings. The van der Waals surface area contributed by atoms with Gasteiger partial charge in [-0.05, 0) is 35.0 Å². The molecule has 0 saturated heterocycles. The average Bonchev–Trinajstić information content (AvgIpc) is 2.53. The first-order chi connectivity index (χ1) is 10.9. The van der Waals surface area contributed by atoms with E-state index in [2.05, 4.69) is 10.2 Å². The average molecular weight is 318 g/mol. The molecule has 0 saturated carbocycles.